The van der Waals surface area contributed by atoms with Gasteiger partial charge in [0.25, 0.3) is 0 Å². The Bertz CT molecular complexity index is 1380. The molecule has 2 N–H and O–H groups in total. The molecule has 1 unspecified atom stereocenters. The Morgan fingerprint density at radius 2 is 1.71 bits per heavy atom. The van der Waals surface area contributed by atoms with Crippen molar-refractivity contribution in [2.75, 3.05) is 31.1 Å². The second kappa shape index (κ2) is 11.6. The van der Waals surface area contributed by atoms with Crippen LogP contribution in [0.3, 0.4) is 0 Å². The van der Waals surface area contributed by atoms with E-state index in [1.807, 2.05) is 17.0 Å². The molecule has 3 aromatic heterocycles. The summed E-state index contributed by atoms with van der Waals surface area (Å²) in [5.41, 5.74) is -0.438. The number of carbonyl (C=O) groups is 1. The molecule has 0 aromatic carbocycles. The summed E-state index contributed by atoms with van der Waals surface area (Å²) >= 11 is 0. The maximum absolute atomic E-state index is 13.3. The molecule has 2 saturated heterocycles. The van der Waals surface area contributed by atoms with E-state index in [2.05, 4.69) is 25.3 Å². The molecule has 2 aliphatic heterocycles. The third-order valence-electron chi connectivity index (χ3n) is 8.73. The Hall–Kier alpha value is -3.64. The highest BCUT2D eigenvalue weighted by molar-refractivity contribution is 5.80. The van der Waals surface area contributed by atoms with E-state index in [1.54, 1.807) is 35.6 Å². The van der Waals surface area contributed by atoms with E-state index in [4.69, 9.17) is 0 Å². The lowest BCUT2D eigenvalue weighted by molar-refractivity contribution is -0.141. The second-order valence-corrected chi connectivity index (χ2v) is 11.6. The molecule has 0 spiro atoms. The zero-order valence-corrected chi connectivity index (χ0v) is 23.2. The number of carbonyl (C=O) groups excluding carboxylic acids is 1. The molecule has 1 aliphatic carbocycles. The number of amides is 1. The first kappa shape index (κ1) is 28.5. The number of nitrogens with zero attached hydrogens (tertiary/aromatic N) is 6. The Balaban J connectivity index is 0.977. The highest BCUT2D eigenvalue weighted by atomic mass is 19.4. The first-order chi connectivity index (χ1) is 20.2. The number of pyridine rings is 2. The molecule has 0 bridgehead atoms. The highest BCUT2D eigenvalue weighted by Crippen LogP contribution is 2.37. The minimum Gasteiger partial charge on any atom is -0.384 e. The minimum absolute atomic E-state index is 0.0576. The normalized spacial score (nSPS) is 26.5. The lowest BCUT2D eigenvalue weighted by Gasteiger charge is -2.37. The summed E-state index contributed by atoms with van der Waals surface area (Å²) in [7, 11) is 0. The average Bonchev–Trinajstić information content (AvgIpc) is 3.69. The number of rotatable bonds is 6. The van der Waals surface area contributed by atoms with E-state index >= 15 is 0 Å². The fourth-order valence-corrected chi connectivity index (χ4v) is 6.38. The van der Waals surface area contributed by atoms with Gasteiger partial charge in [-0.05, 0) is 68.9 Å². The molecule has 9 nitrogen and oxygen atoms in total. The summed E-state index contributed by atoms with van der Waals surface area (Å²) in [4.78, 5) is 33.7. The van der Waals surface area contributed by atoms with Gasteiger partial charge >= 0.3 is 6.18 Å². The van der Waals surface area contributed by atoms with E-state index in [-0.39, 0.29) is 29.7 Å². The first-order valence-electron chi connectivity index (χ1n) is 14.5. The number of hydrogen-bond acceptors (Lipinski definition) is 8. The molecule has 3 fully saturated rings. The van der Waals surface area contributed by atoms with Gasteiger partial charge in [0, 0.05) is 62.4 Å². The van der Waals surface area contributed by atoms with Crippen molar-refractivity contribution in [3.63, 3.8) is 0 Å². The standard InChI is InChI=1S/C30H34F3N7O2/c31-30(32,33)25-3-1-4-26(38-25)39-15-9-21(18-39)28(41)40-16-10-23(19-40)37-22-7-11-29(42,12-8-22)24-6-5-20(17-36-24)27-34-13-2-14-35-27/h1-6,13-14,17,21-23,37,42H,7-12,15-16,18-19H2/t21?,22?,23-,29?/m0/s1. The van der Waals surface area contributed by atoms with Crippen LogP contribution in [0.15, 0.2) is 55.0 Å². The molecule has 3 aliphatic rings. The molecule has 3 aromatic rings. The van der Waals surface area contributed by atoms with Gasteiger partial charge in [-0.3, -0.25) is 9.78 Å². The number of aliphatic hydroxyl groups is 1. The molecule has 222 valence electrons. The third kappa shape index (κ3) is 6.10. The van der Waals surface area contributed by atoms with Crippen molar-refractivity contribution in [3.8, 4) is 11.4 Å². The van der Waals surface area contributed by atoms with Crippen LogP contribution in [0.4, 0.5) is 19.0 Å². The molecular weight excluding hydrogens is 547 g/mol. The van der Waals surface area contributed by atoms with Crippen molar-refractivity contribution in [2.45, 2.75) is 62.4 Å². The molecule has 42 heavy (non-hydrogen) atoms. The summed E-state index contributed by atoms with van der Waals surface area (Å²) < 4.78 is 39.3. The Labute approximate surface area is 242 Å². The van der Waals surface area contributed by atoms with Gasteiger partial charge in [0.2, 0.25) is 5.91 Å². The third-order valence-corrected chi connectivity index (χ3v) is 8.73. The van der Waals surface area contributed by atoms with Crippen molar-refractivity contribution in [3.05, 3.63) is 66.4 Å². The van der Waals surface area contributed by atoms with Crippen molar-refractivity contribution in [1.29, 1.82) is 0 Å². The van der Waals surface area contributed by atoms with E-state index in [9.17, 15) is 23.1 Å². The molecule has 2 atom stereocenters. The largest absolute Gasteiger partial charge is 0.433 e. The number of likely N-dealkylation sites (tertiary alicyclic amines) is 1. The van der Waals surface area contributed by atoms with Crippen molar-refractivity contribution >= 4 is 11.7 Å². The van der Waals surface area contributed by atoms with Gasteiger partial charge < -0.3 is 20.2 Å². The lowest BCUT2D eigenvalue weighted by atomic mass is 9.79. The number of halogens is 3. The van der Waals surface area contributed by atoms with Crippen molar-refractivity contribution < 1.29 is 23.1 Å². The maximum atomic E-state index is 13.3. The zero-order valence-electron chi connectivity index (χ0n) is 23.2. The number of alkyl halides is 3. The predicted octanol–water partition coefficient (Wildman–Crippen LogP) is 3.80. The van der Waals surface area contributed by atoms with Crippen molar-refractivity contribution in [2.24, 2.45) is 5.92 Å². The zero-order chi connectivity index (χ0) is 29.3. The van der Waals surface area contributed by atoms with Crippen LogP contribution in [-0.4, -0.2) is 74.1 Å². The van der Waals surface area contributed by atoms with Gasteiger partial charge in [-0.15, -0.1) is 0 Å². The smallest absolute Gasteiger partial charge is 0.384 e. The molecular formula is C30H34F3N7O2. The van der Waals surface area contributed by atoms with Crippen LogP contribution < -0.4 is 10.2 Å². The monoisotopic (exact) mass is 581 g/mol. The average molecular weight is 582 g/mol. The van der Waals surface area contributed by atoms with Crippen LogP contribution in [0.25, 0.3) is 11.4 Å². The summed E-state index contributed by atoms with van der Waals surface area (Å²) in [6.07, 6.45) is 4.80. The van der Waals surface area contributed by atoms with E-state index < -0.39 is 17.5 Å². The molecule has 5 heterocycles. The van der Waals surface area contributed by atoms with Gasteiger partial charge in [-0.2, -0.15) is 13.2 Å². The van der Waals surface area contributed by atoms with Crippen LogP contribution in [-0.2, 0) is 16.6 Å². The fourth-order valence-electron chi connectivity index (χ4n) is 6.38. The van der Waals surface area contributed by atoms with E-state index in [1.165, 1.54) is 6.07 Å². The van der Waals surface area contributed by atoms with Crippen molar-refractivity contribution in [1.82, 2.24) is 30.2 Å². The summed E-state index contributed by atoms with van der Waals surface area (Å²) in [6, 6.07) is 9.81. The predicted molar refractivity (Wildman–Crippen MR) is 149 cm³/mol. The summed E-state index contributed by atoms with van der Waals surface area (Å²) in [5.74, 6) is 0.660. The molecule has 1 saturated carbocycles. The van der Waals surface area contributed by atoms with Gasteiger partial charge in [0.15, 0.2) is 5.82 Å². The Morgan fingerprint density at radius 1 is 0.929 bits per heavy atom. The number of nitrogens with one attached hydrogen (secondary N) is 1. The topological polar surface area (TPSA) is 107 Å². The Kier molecular flexibility index (Phi) is 7.84. The highest BCUT2D eigenvalue weighted by Gasteiger charge is 2.39. The number of anilines is 1. The van der Waals surface area contributed by atoms with Crippen LogP contribution in [0, 0.1) is 5.92 Å². The van der Waals surface area contributed by atoms with E-state index in [0.29, 0.717) is 57.0 Å². The minimum atomic E-state index is -4.50. The summed E-state index contributed by atoms with van der Waals surface area (Å²) in [6.45, 7) is 2.15. The molecule has 1 amide bonds. The lowest BCUT2D eigenvalue weighted by Crippen LogP contribution is -2.46. The quantitative estimate of drug-likeness (QED) is 0.453. The number of hydrogen-bond donors (Lipinski definition) is 2. The second-order valence-electron chi connectivity index (χ2n) is 11.6. The van der Waals surface area contributed by atoms with Gasteiger partial charge in [0.1, 0.15) is 17.1 Å². The molecule has 6 rings (SSSR count). The maximum Gasteiger partial charge on any atom is 0.433 e. The fraction of sp³-hybridized carbons (Fsp3) is 0.500. The van der Waals surface area contributed by atoms with Crippen LogP contribution >= 0.6 is 0 Å². The SMILES string of the molecule is O=C(C1CCN(c2cccc(C(F)(F)F)n2)C1)N1CC[C@H](NC2CCC(O)(c3ccc(-c4ncccn4)cn3)CC2)C1. The van der Waals surface area contributed by atoms with Crippen LogP contribution in [0.5, 0.6) is 0 Å². The van der Waals surface area contributed by atoms with Crippen LogP contribution in [0.2, 0.25) is 0 Å². The van der Waals surface area contributed by atoms with Gasteiger partial charge in [-0.25, -0.2) is 15.0 Å². The molecule has 0 radical (unpaired) electrons. The van der Waals surface area contributed by atoms with Crippen LogP contribution in [0.1, 0.15) is 49.9 Å². The van der Waals surface area contributed by atoms with Gasteiger partial charge in [-0.1, -0.05) is 6.07 Å². The molecule has 12 heteroatoms. The van der Waals surface area contributed by atoms with Gasteiger partial charge in [0.05, 0.1) is 11.6 Å². The van der Waals surface area contributed by atoms with E-state index in [0.717, 1.165) is 30.9 Å². The summed E-state index contributed by atoms with van der Waals surface area (Å²) in [5, 5.41) is 15.0. The first-order valence-corrected chi connectivity index (χ1v) is 14.5. The Morgan fingerprint density at radius 3 is 2.43 bits per heavy atom. The number of aromatic nitrogens is 4.